The first-order chi connectivity index (χ1) is 8.68. The average molecular weight is 262 g/mol. The van der Waals surface area contributed by atoms with Crippen LogP contribution in [0.4, 0.5) is 0 Å². The summed E-state index contributed by atoms with van der Waals surface area (Å²) in [5.41, 5.74) is 0.855. The monoisotopic (exact) mass is 262 g/mol. The van der Waals surface area contributed by atoms with E-state index in [2.05, 4.69) is 29.9 Å². The van der Waals surface area contributed by atoms with Gasteiger partial charge in [0.15, 0.2) is 0 Å². The number of nitrogens with zero attached hydrogens (tertiary/aromatic N) is 2. The van der Waals surface area contributed by atoms with Crippen molar-refractivity contribution in [3.05, 3.63) is 23.2 Å². The maximum atomic E-state index is 12.5. The van der Waals surface area contributed by atoms with Crippen molar-refractivity contribution in [3.63, 3.8) is 0 Å². The number of hydrogen-bond acceptors (Lipinski definition) is 2. The van der Waals surface area contributed by atoms with Crippen molar-refractivity contribution in [2.75, 3.05) is 13.1 Å². The topological polar surface area (TPSA) is 25.2 Å². The van der Waals surface area contributed by atoms with Crippen molar-refractivity contribution >= 4 is 27.5 Å². The van der Waals surface area contributed by atoms with E-state index in [1.54, 1.807) is 11.3 Å². The second kappa shape index (κ2) is 4.43. The van der Waals surface area contributed by atoms with E-state index in [1.165, 1.54) is 10.2 Å². The normalized spacial score (nSPS) is 16.1. The average Bonchev–Trinajstić information content (AvgIpc) is 3.03. The highest BCUT2D eigenvalue weighted by Gasteiger charge is 2.24. The molecule has 0 aliphatic carbocycles. The number of fused-ring (bicyclic) bond motifs is 1. The highest BCUT2D eigenvalue weighted by Crippen LogP contribution is 2.29. The van der Waals surface area contributed by atoms with Crippen molar-refractivity contribution in [2.24, 2.45) is 0 Å². The quantitative estimate of drug-likeness (QED) is 0.813. The van der Waals surface area contributed by atoms with E-state index < -0.39 is 0 Å². The highest BCUT2D eigenvalue weighted by atomic mass is 32.1. The van der Waals surface area contributed by atoms with Crippen molar-refractivity contribution in [2.45, 2.75) is 32.7 Å². The molecule has 0 unspecified atom stereocenters. The van der Waals surface area contributed by atoms with Crippen LogP contribution in [0.25, 0.3) is 10.2 Å². The summed E-state index contributed by atoms with van der Waals surface area (Å²) in [7, 11) is 0. The Balaban J connectivity index is 2.07. The molecule has 4 heteroatoms. The first-order valence-corrected chi connectivity index (χ1v) is 7.44. The number of hydrogen-bond donors (Lipinski definition) is 0. The molecule has 2 aromatic rings. The summed E-state index contributed by atoms with van der Waals surface area (Å²) in [6, 6.07) is 4.47. The van der Waals surface area contributed by atoms with E-state index in [4.69, 9.17) is 0 Å². The van der Waals surface area contributed by atoms with Crippen LogP contribution in [-0.4, -0.2) is 28.5 Å². The molecule has 1 aliphatic heterocycles. The first kappa shape index (κ1) is 11.8. The van der Waals surface area contributed by atoms with Gasteiger partial charge in [0.25, 0.3) is 5.91 Å². The molecule has 1 fully saturated rings. The van der Waals surface area contributed by atoms with Crippen molar-refractivity contribution in [1.82, 2.24) is 9.47 Å². The van der Waals surface area contributed by atoms with Gasteiger partial charge in [0.2, 0.25) is 0 Å². The molecule has 3 rings (SSSR count). The largest absolute Gasteiger partial charge is 0.337 e. The van der Waals surface area contributed by atoms with Crippen molar-refractivity contribution in [3.8, 4) is 0 Å². The molecular formula is C14H18N2OS. The van der Waals surface area contributed by atoms with Crippen LogP contribution in [-0.2, 0) is 0 Å². The number of likely N-dealkylation sites (tertiary alicyclic amines) is 1. The molecular weight excluding hydrogens is 244 g/mol. The fourth-order valence-electron chi connectivity index (χ4n) is 2.70. The fraction of sp³-hybridized carbons (Fsp3) is 0.500. The van der Waals surface area contributed by atoms with Gasteiger partial charge in [0.05, 0.1) is 0 Å². The van der Waals surface area contributed by atoms with Crippen LogP contribution in [0.5, 0.6) is 0 Å². The Labute approximate surface area is 111 Å². The Morgan fingerprint density at radius 2 is 2.06 bits per heavy atom. The minimum absolute atomic E-state index is 0.199. The number of carbonyl (C=O) groups is 1. The summed E-state index contributed by atoms with van der Waals surface area (Å²) >= 11 is 1.72. The minimum Gasteiger partial charge on any atom is -0.337 e. The maximum Gasteiger partial charge on any atom is 0.270 e. The van der Waals surface area contributed by atoms with Crippen molar-refractivity contribution in [1.29, 1.82) is 0 Å². The number of thiophene rings is 1. The van der Waals surface area contributed by atoms with Gasteiger partial charge in [-0.05, 0) is 44.2 Å². The number of amides is 1. The summed E-state index contributed by atoms with van der Waals surface area (Å²) in [5.74, 6) is 0.199. The SMILES string of the molecule is CC(C)n1c(C(=O)N2CCCC2)cc2ccsc21. The summed E-state index contributed by atoms with van der Waals surface area (Å²) in [6.07, 6.45) is 2.28. The van der Waals surface area contributed by atoms with E-state index in [0.29, 0.717) is 6.04 Å². The lowest BCUT2D eigenvalue weighted by atomic mass is 10.3. The van der Waals surface area contributed by atoms with Gasteiger partial charge < -0.3 is 9.47 Å². The smallest absolute Gasteiger partial charge is 0.270 e. The van der Waals surface area contributed by atoms with Gasteiger partial charge in [0.1, 0.15) is 10.5 Å². The molecule has 0 atom stereocenters. The Morgan fingerprint density at radius 1 is 1.33 bits per heavy atom. The van der Waals surface area contributed by atoms with Gasteiger partial charge in [-0.2, -0.15) is 0 Å². The van der Waals surface area contributed by atoms with Crippen LogP contribution < -0.4 is 0 Å². The lowest BCUT2D eigenvalue weighted by Gasteiger charge is -2.19. The van der Waals surface area contributed by atoms with Crippen LogP contribution in [0.15, 0.2) is 17.5 Å². The zero-order valence-corrected chi connectivity index (χ0v) is 11.7. The number of carbonyl (C=O) groups excluding carboxylic acids is 1. The predicted octanol–water partition coefficient (Wildman–Crippen LogP) is 3.52. The van der Waals surface area contributed by atoms with Crippen LogP contribution in [0, 0.1) is 0 Å². The molecule has 0 N–H and O–H groups in total. The van der Waals surface area contributed by atoms with Gasteiger partial charge in [-0.1, -0.05) is 0 Å². The van der Waals surface area contributed by atoms with E-state index in [9.17, 15) is 4.79 Å². The number of aromatic nitrogens is 1. The standard InChI is InChI=1S/C14H18N2OS/c1-10(2)16-12(9-11-5-8-18-14(11)16)13(17)15-6-3-4-7-15/h5,8-10H,3-4,6-7H2,1-2H3. The zero-order chi connectivity index (χ0) is 12.7. The first-order valence-electron chi connectivity index (χ1n) is 6.56. The Bertz CT molecular complexity index is 576. The second-order valence-electron chi connectivity index (χ2n) is 5.17. The number of rotatable bonds is 2. The molecule has 96 valence electrons. The molecule has 1 amide bonds. The summed E-state index contributed by atoms with van der Waals surface area (Å²) < 4.78 is 2.18. The Morgan fingerprint density at radius 3 is 2.72 bits per heavy atom. The van der Waals surface area contributed by atoms with Gasteiger partial charge in [-0.3, -0.25) is 4.79 Å². The summed E-state index contributed by atoms with van der Waals surface area (Å²) in [6.45, 7) is 6.10. The van der Waals surface area contributed by atoms with Crippen LogP contribution in [0.1, 0.15) is 43.2 Å². The van der Waals surface area contributed by atoms with E-state index in [-0.39, 0.29) is 5.91 Å². The molecule has 2 aromatic heterocycles. The molecule has 18 heavy (non-hydrogen) atoms. The van der Waals surface area contributed by atoms with Crippen LogP contribution >= 0.6 is 11.3 Å². The summed E-state index contributed by atoms with van der Waals surface area (Å²) in [5, 5.41) is 3.28. The lowest BCUT2D eigenvalue weighted by Crippen LogP contribution is -2.29. The molecule has 1 aliphatic rings. The Hall–Kier alpha value is -1.29. The van der Waals surface area contributed by atoms with Gasteiger partial charge in [-0.25, -0.2) is 0 Å². The summed E-state index contributed by atoms with van der Waals surface area (Å²) in [4.78, 5) is 15.7. The second-order valence-corrected chi connectivity index (χ2v) is 6.07. The van der Waals surface area contributed by atoms with Gasteiger partial charge >= 0.3 is 0 Å². The minimum atomic E-state index is 0.199. The molecule has 0 radical (unpaired) electrons. The van der Waals surface area contributed by atoms with Gasteiger partial charge in [0, 0.05) is 24.5 Å². The third-order valence-corrected chi connectivity index (χ3v) is 4.50. The highest BCUT2D eigenvalue weighted by molar-refractivity contribution is 7.16. The molecule has 1 saturated heterocycles. The van der Waals surface area contributed by atoms with Crippen LogP contribution in [0.2, 0.25) is 0 Å². The lowest BCUT2D eigenvalue weighted by molar-refractivity contribution is 0.0781. The van der Waals surface area contributed by atoms with E-state index in [1.807, 2.05) is 11.0 Å². The van der Waals surface area contributed by atoms with E-state index >= 15 is 0 Å². The third kappa shape index (κ3) is 1.75. The Kier molecular flexibility index (Phi) is 2.90. The molecule has 3 nitrogen and oxygen atoms in total. The molecule has 0 spiro atoms. The van der Waals surface area contributed by atoms with Crippen molar-refractivity contribution < 1.29 is 4.79 Å². The third-order valence-electron chi connectivity index (χ3n) is 3.57. The molecule has 0 bridgehead atoms. The van der Waals surface area contributed by atoms with Gasteiger partial charge in [-0.15, -0.1) is 11.3 Å². The molecule has 0 aromatic carbocycles. The fourth-order valence-corrected chi connectivity index (χ4v) is 3.73. The molecule has 3 heterocycles. The molecule has 0 saturated carbocycles. The predicted molar refractivity (Wildman–Crippen MR) is 75.3 cm³/mol. The maximum absolute atomic E-state index is 12.5. The zero-order valence-electron chi connectivity index (χ0n) is 10.8. The van der Waals surface area contributed by atoms with Crippen LogP contribution in [0.3, 0.4) is 0 Å². The van der Waals surface area contributed by atoms with E-state index in [0.717, 1.165) is 31.6 Å².